The number of benzene rings is 3. The van der Waals surface area contributed by atoms with Crippen LogP contribution >= 0.6 is 0 Å². The Bertz CT molecular complexity index is 1320. The minimum atomic E-state index is -0.460. The Kier molecular flexibility index (Phi) is 5.53. The molecule has 0 saturated heterocycles. The molecule has 3 aromatic rings. The van der Waals surface area contributed by atoms with Crippen LogP contribution in [0.1, 0.15) is 16.7 Å². The van der Waals surface area contributed by atoms with Gasteiger partial charge in [0.25, 0.3) is 11.8 Å². The molecule has 2 aliphatic heterocycles. The summed E-state index contributed by atoms with van der Waals surface area (Å²) >= 11 is 0. The molecule has 0 aliphatic carbocycles. The average Bonchev–Trinajstić information content (AvgIpc) is 3.13. The van der Waals surface area contributed by atoms with Gasteiger partial charge in [-0.05, 0) is 47.4 Å². The molecule has 0 atom stereocenters. The summed E-state index contributed by atoms with van der Waals surface area (Å²) in [5, 5.41) is 0. The van der Waals surface area contributed by atoms with Crippen molar-refractivity contribution in [1.82, 2.24) is 4.90 Å². The molecule has 2 amide bonds. The Labute approximate surface area is 196 Å². The van der Waals surface area contributed by atoms with E-state index < -0.39 is 17.6 Å². The number of amides is 2. The van der Waals surface area contributed by atoms with Crippen molar-refractivity contribution < 1.29 is 23.5 Å². The van der Waals surface area contributed by atoms with Gasteiger partial charge in [0.1, 0.15) is 11.5 Å². The van der Waals surface area contributed by atoms with E-state index in [-0.39, 0.29) is 5.57 Å². The molecule has 0 saturated carbocycles. The fraction of sp³-hybridized carbons (Fsp3) is 0.185. The summed E-state index contributed by atoms with van der Waals surface area (Å²) in [6, 6.07) is 18.6. The Balaban J connectivity index is 1.61. The summed E-state index contributed by atoms with van der Waals surface area (Å²) in [6.07, 6.45) is 0.758. The second kappa shape index (κ2) is 8.67. The van der Waals surface area contributed by atoms with Gasteiger partial charge in [0.2, 0.25) is 0 Å². The van der Waals surface area contributed by atoms with Crippen LogP contribution in [0.2, 0.25) is 0 Å². The number of fused-ring (bicyclic) bond motifs is 1. The number of hydrogen-bond donors (Lipinski definition) is 0. The van der Waals surface area contributed by atoms with E-state index >= 15 is 0 Å². The van der Waals surface area contributed by atoms with Crippen LogP contribution in [0.25, 0.3) is 5.57 Å². The molecule has 0 radical (unpaired) electrons. The van der Waals surface area contributed by atoms with Gasteiger partial charge >= 0.3 is 0 Å². The molecule has 172 valence electrons. The number of anilines is 1. The minimum absolute atomic E-state index is 0.263. The molecule has 5 rings (SSSR count). The van der Waals surface area contributed by atoms with E-state index in [0.29, 0.717) is 41.5 Å². The maximum atomic E-state index is 13.8. The first-order chi connectivity index (χ1) is 16.5. The highest BCUT2D eigenvalue weighted by molar-refractivity contribution is 6.45. The smallest absolute Gasteiger partial charge is 0.282 e. The lowest BCUT2D eigenvalue weighted by atomic mass is 9.98. The van der Waals surface area contributed by atoms with Crippen molar-refractivity contribution in [1.29, 1.82) is 0 Å². The SMILES string of the molecule is COc1ccc(N2C(=O)C(c3ccc(F)cc3)=C(N3CCc4ccccc4C3)C2=O)cc1OC. The lowest BCUT2D eigenvalue weighted by Gasteiger charge is -2.31. The van der Waals surface area contributed by atoms with Gasteiger partial charge in [0.15, 0.2) is 11.5 Å². The molecule has 2 aliphatic rings. The largest absolute Gasteiger partial charge is 0.493 e. The number of carbonyl (C=O) groups is 2. The number of carbonyl (C=O) groups excluding carboxylic acids is 2. The van der Waals surface area contributed by atoms with Crippen molar-refractivity contribution in [2.45, 2.75) is 13.0 Å². The van der Waals surface area contributed by atoms with Crippen molar-refractivity contribution in [2.24, 2.45) is 0 Å². The molecule has 2 heterocycles. The predicted octanol–water partition coefficient (Wildman–Crippen LogP) is 4.19. The third-order valence-electron chi connectivity index (χ3n) is 6.26. The molecule has 0 fully saturated rings. The molecule has 0 unspecified atom stereocenters. The molecular formula is C27H23FN2O4. The van der Waals surface area contributed by atoms with Crippen LogP contribution in [0, 0.1) is 5.82 Å². The van der Waals surface area contributed by atoms with Crippen LogP contribution in [0.3, 0.4) is 0 Å². The van der Waals surface area contributed by atoms with E-state index in [1.54, 1.807) is 18.2 Å². The van der Waals surface area contributed by atoms with E-state index in [1.807, 2.05) is 23.1 Å². The lowest BCUT2D eigenvalue weighted by molar-refractivity contribution is -0.120. The Hall–Kier alpha value is -4.13. The molecular weight excluding hydrogens is 435 g/mol. The quantitative estimate of drug-likeness (QED) is 0.537. The van der Waals surface area contributed by atoms with Gasteiger partial charge in [-0.25, -0.2) is 9.29 Å². The number of imide groups is 1. The van der Waals surface area contributed by atoms with Crippen LogP contribution in [0.4, 0.5) is 10.1 Å². The minimum Gasteiger partial charge on any atom is -0.493 e. The molecule has 0 aromatic heterocycles. The maximum absolute atomic E-state index is 13.8. The van der Waals surface area contributed by atoms with Gasteiger partial charge in [-0.3, -0.25) is 9.59 Å². The maximum Gasteiger partial charge on any atom is 0.282 e. The van der Waals surface area contributed by atoms with Crippen molar-refractivity contribution in [3.63, 3.8) is 0 Å². The van der Waals surface area contributed by atoms with Crippen LogP contribution in [0.15, 0.2) is 72.4 Å². The van der Waals surface area contributed by atoms with Gasteiger partial charge < -0.3 is 14.4 Å². The second-order valence-electron chi connectivity index (χ2n) is 8.16. The van der Waals surface area contributed by atoms with Crippen molar-refractivity contribution >= 4 is 23.1 Å². The van der Waals surface area contributed by atoms with Crippen molar-refractivity contribution in [3.05, 3.63) is 94.9 Å². The molecule has 3 aromatic carbocycles. The van der Waals surface area contributed by atoms with Crippen molar-refractivity contribution in [2.75, 3.05) is 25.7 Å². The van der Waals surface area contributed by atoms with Crippen LogP contribution in [-0.4, -0.2) is 37.5 Å². The first kappa shape index (κ1) is 21.7. The predicted molar refractivity (Wildman–Crippen MR) is 126 cm³/mol. The first-order valence-corrected chi connectivity index (χ1v) is 10.9. The normalized spacial score (nSPS) is 15.6. The van der Waals surface area contributed by atoms with Crippen LogP contribution < -0.4 is 14.4 Å². The topological polar surface area (TPSA) is 59.1 Å². The van der Waals surface area contributed by atoms with Crippen LogP contribution in [0.5, 0.6) is 11.5 Å². The summed E-state index contributed by atoms with van der Waals surface area (Å²) < 4.78 is 24.3. The van der Waals surface area contributed by atoms with Gasteiger partial charge in [-0.1, -0.05) is 36.4 Å². The monoisotopic (exact) mass is 458 g/mol. The van der Waals surface area contributed by atoms with Gasteiger partial charge in [-0.2, -0.15) is 0 Å². The summed E-state index contributed by atoms with van der Waals surface area (Å²) in [5.41, 5.74) is 3.80. The van der Waals surface area contributed by atoms with E-state index in [9.17, 15) is 14.0 Å². The fourth-order valence-electron chi connectivity index (χ4n) is 4.57. The van der Waals surface area contributed by atoms with E-state index in [2.05, 4.69) is 6.07 Å². The number of rotatable bonds is 5. The number of hydrogen-bond acceptors (Lipinski definition) is 5. The first-order valence-electron chi connectivity index (χ1n) is 10.9. The third-order valence-corrected chi connectivity index (χ3v) is 6.26. The van der Waals surface area contributed by atoms with Gasteiger partial charge in [-0.15, -0.1) is 0 Å². The number of nitrogens with zero attached hydrogens (tertiary/aromatic N) is 2. The Morgan fingerprint density at radius 1 is 0.824 bits per heavy atom. The number of halogens is 1. The Morgan fingerprint density at radius 2 is 1.53 bits per heavy atom. The average molecular weight is 458 g/mol. The van der Waals surface area contributed by atoms with Gasteiger partial charge in [0, 0.05) is 19.2 Å². The summed E-state index contributed by atoms with van der Waals surface area (Å²) in [5.74, 6) is -0.394. The highest BCUT2D eigenvalue weighted by Crippen LogP contribution is 2.39. The van der Waals surface area contributed by atoms with E-state index in [1.165, 1.54) is 44.0 Å². The standard InChI is InChI=1S/C27H23FN2O4/c1-33-22-12-11-21(15-23(22)34-2)30-26(31)24(18-7-9-20(28)10-8-18)25(27(30)32)29-14-13-17-5-3-4-6-19(17)16-29/h3-12,15H,13-14,16H2,1-2H3. The number of ether oxygens (including phenoxy) is 2. The molecule has 0 N–H and O–H groups in total. The van der Waals surface area contributed by atoms with Crippen molar-refractivity contribution in [3.8, 4) is 11.5 Å². The zero-order chi connectivity index (χ0) is 23.8. The van der Waals surface area contributed by atoms with E-state index in [0.717, 1.165) is 16.9 Å². The zero-order valence-corrected chi connectivity index (χ0v) is 18.9. The molecule has 34 heavy (non-hydrogen) atoms. The molecule has 7 heteroatoms. The van der Waals surface area contributed by atoms with Crippen LogP contribution in [-0.2, 0) is 22.6 Å². The Morgan fingerprint density at radius 3 is 2.24 bits per heavy atom. The highest BCUT2D eigenvalue weighted by Gasteiger charge is 2.43. The molecule has 0 bridgehead atoms. The lowest BCUT2D eigenvalue weighted by Crippen LogP contribution is -2.37. The number of methoxy groups -OCH3 is 2. The zero-order valence-electron chi connectivity index (χ0n) is 18.9. The van der Waals surface area contributed by atoms with E-state index in [4.69, 9.17) is 9.47 Å². The summed E-state index contributed by atoms with van der Waals surface area (Å²) in [6.45, 7) is 1.10. The highest BCUT2D eigenvalue weighted by atomic mass is 19.1. The van der Waals surface area contributed by atoms with Gasteiger partial charge in [0.05, 0.1) is 25.5 Å². The molecule has 6 nitrogen and oxygen atoms in total. The second-order valence-corrected chi connectivity index (χ2v) is 8.16. The summed E-state index contributed by atoms with van der Waals surface area (Å²) in [7, 11) is 3.01. The summed E-state index contributed by atoms with van der Waals surface area (Å²) in [4.78, 5) is 30.6. The molecule has 0 spiro atoms. The fourth-order valence-corrected chi connectivity index (χ4v) is 4.57. The third kappa shape index (κ3) is 3.59.